The molecule has 10 aromatic carbocycles. The van der Waals surface area contributed by atoms with Crippen molar-refractivity contribution in [2.75, 3.05) is 47.8 Å². The molecular weight excluding hydrogens is 765 g/mol. The maximum Gasteiger partial charge on any atom is 0.0543 e. The molecule has 0 saturated carbocycles. The predicted molar refractivity (Wildman–Crippen MR) is 274 cm³/mol. The zero-order chi connectivity index (χ0) is 43.1. The lowest BCUT2D eigenvalue weighted by Gasteiger charge is -2.37. The zero-order valence-electron chi connectivity index (χ0n) is 37.5. The lowest BCUT2D eigenvalue weighted by molar-refractivity contribution is 0.475. The highest BCUT2D eigenvalue weighted by molar-refractivity contribution is 6.30. The molecule has 0 aliphatic heterocycles. The highest BCUT2D eigenvalue weighted by atomic mass is 15.2. The molecule has 0 unspecified atom stereocenters. The van der Waals surface area contributed by atoms with Gasteiger partial charge in [-0.2, -0.15) is 0 Å². The van der Waals surface area contributed by atoms with E-state index in [1.54, 1.807) is 0 Å². The van der Waals surface area contributed by atoms with Crippen molar-refractivity contribution in [3.8, 4) is 0 Å². The van der Waals surface area contributed by atoms with E-state index in [1.807, 2.05) is 0 Å². The van der Waals surface area contributed by atoms with Crippen molar-refractivity contribution < 1.29 is 0 Å². The molecule has 0 N–H and O–H groups in total. The van der Waals surface area contributed by atoms with Gasteiger partial charge in [-0.3, -0.25) is 0 Å². The van der Waals surface area contributed by atoms with Gasteiger partial charge < -0.3 is 19.6 Å². The summed E-state index contributed by atoms with van der Waals surface area (Å²) in [6.07, 6.45) is 3.02. The van der Waals surface area contributed by atoms with E-state index in [2.05, 4.69) is 232 Å². The van der Waals surface area contributed by atoms with Crippen LogP contribution in [0.2, 0.25) is 0 Å². The van der Waals surface area contributed by atoms with Crippen LogP contribution in [0.1, 0.15) is 43.9 Å². The highest BCUT2D eigenvalue weighted by Gasteiger charge is 2.34. The lowest BCUT2D eigenvalue weighted by atomic mass is 9.70. The summed E-state index contributed by atoms with van der Waals surface area (Å²) in [5, 5.41) is 13.0. The maximum atomic E-state index is 2.59. The Morgan fingerprint density at radius 1 is 0.429 bits per heavy atom. The van der Waals surface area contributed by atoms with E-state index in [9.17, 15) is 0 Å². The third-order valence-corrected chi connectivity index (χ3v) is 14.0. The minimum atomic E-state index is -0.0169. The minimum Gasteiger partial charge on any atom is -0.378 e. The molecule has 10 aromatic rings. The van der Waals surface area contributed by atoms with Crippen LogP contribution in [0.4, 0.5) is 45.5 Å². The van der Waals surface area contributed by atoms with Gasteiger partial charge in [0.05, 0.1) is 22.7 Å². The third kappa shape index (κ3) is 6.18. The summed E-state index contributed by atoms with van der Waals surface area (Å²) in [5.41, 5.74) is 13.7. The first-order valence-corrected chi connectivity index (χ1v) is 22.5. The van der Waals surface area contributed by atoms with E-state index in [0.29, 0.717) is 0 Å². The summed E-state index contributed by atoms with van der Waals surface area (Å²) in [5.74, 6) is 0. The van der Waals surface area contributed by atoms with Crippen LogP contribution >= 0.6 is 0 Å². The highest BCUT2D eigenvalue weighted by Crippen LogP contribution is 2.54. The van der Waals surface area contributed by atoms with Crippen molar-refractivity contribution in [2.24, 2.45) is 0 Å². The van der Waals surface area contributed by atoms with Crippen molar-refractivity contribution in [1.29, 1.82) is 0 Å². The molecule has 0 radical (unpaired) electrons. The third-order valence-electron chi connectivity index (χ3n) is 14.0. The molecule has 4 heteroatoms. The Kier molecular flexibility index (Phi) is 9.13. The number of nitrogens with zero attached hydrogens (tertiary/aromatic N) is 4. The fraction of sp³-hybridized carbons (Fsp3) is 0.186. The summed E-state index contributed by atoms with van der Waals surface area (Å²) in [4.78, 5) is 9.44. The molecule has 4 nitrogen and oxygen atoms in total. The molecule has 0 saturated heterocycles. The van der Waals surface area contributed by atoms with Crippen LogP contribution in [0.25, 0.3) is 53.9 Å². The molecule has 0 amide bonds. The molecule has 0 heterocycles. The van der Waals surface area contributed by atoms with Gasteiger partial charge in [-0.1, -0.05) is 106 Å². The first kappa shape index (κ1) is 38.9. The number of aryl methyl sites for hydroxylation is 2. The average molecular weight is 819 g/mol. The minimum absolute atomic E-state index is 0.0169. The topological polar surface area (TPSA) is 13.0 Å². The second-order valence-electron chi connectivity index (χ2n) is 18.6. The standard InChI is InChI=1S/C59H54N4/c1-8-38-35-55(63(45-29-25-43(26-30-45)61(6)7)53-22-14-18-40-16-10-12-20-47(40)53)50-37-51-56-41(33-34-59(51,2)3)36-54(49-32-31-48(38)57(50)58(49)56)62(44-27-23-42(24-28-44)60(4)5)52-21-13-17-39-15-9-11-19-46(39)52/h9-32,35-37H,8,33-34H2,1-7H3. The fourth-order valence-corrected chi connectivity index (χ4v) is 10.6. The van der Waals surface area contributed by atoms with E-state index in [-0.39, 0.29) is 5.41 Å². The smallest absolute Gasteiger partial charge is 0.0543 e. The van der Waals surface area contributed by atoms with E-state index in [4.69, 9.17) is 0 Å². The Labute approximate surface area is 371 Å². The number of hydrogen-bond donors (Lipinski definition) is 0. The van der Waals surface area contributed by atoms with Crippen molar-refractivity contribution in [3.05, 3.63) is 180 Å². The molecule has 63 heavy (non-hydrogen) atoms. The van der Waals surface area contributed by atoms with Gasteiger partial charge in [0.25, 0.3) is 0 Å². The monoisotopic (exact) mass is 818 g/mol. The van der Waals surface area contributed by atoms with Gasteiger partial charge in [0.1, 0.15) is 0 Å². The molecule has 0 aromatic heterocycles. The van der Waals surface area contributed by atoms with Crippen LogP contribution in [0, 0.1) is 0 Å². The van der Waals surface area contributed by atoms with E-state index >= 15 is 0 Å². The molecule has 0 atom stereocenters. The average Bonchev–Trinajstić information content (AvgIpc) is 3.31. The Bertz CT molecular complexity index is 3350. The Hall–Kier alpha value is -7.04. The van der Waals surface area contributed by atoms with Crippen LogP contribution in [0.15, 0.2) is 164 Å². The first-order valence-electron chi connectivity index (χ1n) is 22.5. The molecule has 1 aliphatic carbocycles. The summed E-state index contributed by atoms with van der Waals surface area (Å²) < 4.78 is 0. The van der Waals surface area contributed by atoms with Gasteiger partial charge in [-0.25, -0.2) is 0 Å². The number of anilines is 8. The lowest BCUT2D eigenvalue weighted by Crippen LogP contribution is -2.24. The molecule has 1 aliphatic rings. The van der Waals surface area contributed by atoms with Gasteiger partial charge in [-0.15, -0.1) is 0 Å². The Balaban J connectivity index is 1.28. The maximum absolute atomic E-state index is 2.59. The van der Waals surface area contributed by atoms with Gasteiger partial charge in [-0.05, 0) is 147 Å². The van der Waals surface area contributed by atoms with Crippen molar-refractivity contribution >= 4 is 99.4 Å². The quantitative estimate of drug-likeness (QED) is 0.135. The molecular formula is C59H54N4. The normalized spacial score (nSPS) is 13.4. The fourth-order valence-electron chi connectivity index (χ4n) is 10.6. The second-order valence-corrected chi connectivity index (χ2v) is 18.6. The molecule has 310 valence electrons. The molecule has 0 bridgehead atoms. The SMILES string of the molecule is CCc1cc(N(c2ccc(N(C)C)cc2)c2cccc3ccccc23)c2cc3c4c(cc(N(c5ccc(N(C)C)cc5)c5cccc6ccccc56)c5ccc1c2c54)CCC3(C)C. The van der Waals surface area contributed by atoms with Gasteiger partial charge in [0.15, 0.2) is 0 Å². The number of rotatable bonds is 9. The summed E-state index contributed by atoms with van der Waals surface area (Å²) in [6.45, 7) is 7.24. The summed E-state index contributed by atoms with van der Waals surface area (Å²) in [7, 11) is 8.45. The van der Waals surface area contributed by atoms with Crippen LogP contribution in [-0.2, 0) is 18.3 Å². The van der Waals surface area contributed by atoms with Crippen molar-refractivity contribution in [3.63, 3.8) is 0 Å². The predicted octanol–water partition coefficient (Wildman–Crippen LogP) is 15.7. The van der Waals surface area contributed by atoms with E-state index in [1.165, 1.54) is 105 Å². The second kappa shape index (κ2) is 14.8. The van der Waals surface area contributed by atoms with Gasteiger partial charge in [0.2, 0.25) is 0 Å². The molecule has 0 fully saturated rings. The largest absolute Gasteiger partial charge is 0.378 e. The first-order chi connectivity index (χ1) is 30.6. The molecule has 0 spiro atoms. The van der Waals surface area contributed by atoms with Crippen LogP contribution < -0.4 is 19.6 Å². The van der Waals surface area contributed by atoms with Crippen molar-refractivity contribution in [2.45, 2.75) is 45.4 Å². The molecule has 11 rings (SSSR count). The summed E-state index contributed by atoms with van der Waals surface area (Å²) in [6, 6.07) is 61.9. The zero-order valence-corrected chi connectivity index (χ0v) is 37.5. The number of benzene rings is 10. The number of hydrogen-bond acceptors (Lipinski definition) is 4. The van der Waals surface area contributed by atoms with Crippen molar-refractivity contribution in [1.82, 2.24) is 0 Å². The van der Waals surface area contributed by atoms with Crippen LogP contribution in [0.5, 0.6) is 0 Å². The Morgan fingerprint density at radius 3 is 1.46 bits per heavy atom. The van der Waals surface area contributed by atoms with Gasteiger partial charge >= 0.3 is 0 Å². The summed E-state index contributed by atoms with van der Waals surface area (Å²) >= 11 is 0. The van der Waals surface area contributed by atoms with Crippen LogP contribution in [0.3, 0.4) is 0 Å². The van der Waals surface area contributed by atoms with E-state index in [0.717, 1.165) is 30.6 Å². The number of fused-ring (bicyclic) bond motifs is 2. The van der Waals surface area contributed by atoms with E-state index < -0.39 is 0 Å². The Morgan fingerprint density at radius 2 is 0.921 bits per heavy atom. The van der Waals surface area contributed by atoms with Crippen LogP contribution in [-0.4, -0.2) is 28.2 Å². The van der Waals surface area contributed by atoms with Gasteiger partial charge in [0, 0.05) is 77.9 Å².